The molecule has 3 N–H and O–H groups in total. The molecule has 1 aliphatic rings. The minimum atomic E-state index is -0.0735. The van der Waals surface area contributed by atoms with Crippen LogP contribution in [-0.4, -0.2) is 35.0 Å². The Kier molecular flexibility index (Phi) is 4.43. The van der Waals surface area contributed by atoms with E-state index >= 15 is 0 Å². The summed E-state index contributed by atoms with van der Waals surface area (Å²) >= 11 is 0. The van der Waals surface area contributed by atoms with Crippen molar-refractivity contribution in [3.05, 3.63) is 29.3 Å². The van der Waals surface area contributed by atoms with E-state index in [0.29, 0.717) is 24.7 Å². The summed E-state index contributed by atoms with van der Waals surface area (Å²) < 4.78 is 0. The number of aromatic hydroxyl groups is 1. The average Bonchev–Trinajstić information content (AvgIpc) is 2.31. The van der Waals surface area contributed by atoms with E-state index in [-0.39, 0.29) is 11.7 Å². The number of phenolic OH excluding ortho intramolecular Hbond substituents is 1. The van der Waals surface area contributed by atoms with Crippen molar-refractivity contribution in [3.8, 4) is 5.75 Å². The molecule has 19 heavy (non-hydrogen) atoms. The maximum Gasteiger partial charge on any atom is 0.257 e. The molecule has 1 aliphatic carbocycles. The number of nitrogens with two attached hydrogens (primary N) is 1. The van der Waals surface area contributed by atoms with Gasteiger partial charge in [0.1, 0.15) is 5.75 Å². The SMILES string of the molecule is Cc1ccc(C(=O)N(CCCN)C2CCC2)c(O)c1. The number of carbonyl (C=O) groups excluding carboxylic acids is 1. The highest BCUT2D eigenvalue weighted by Crippen LogP contribution is 2.28. The average molecular weight is 262 g/mol. The summed E-state index contributed by atoms with van der Waals surface area (Å²) in [5.41, 5.74) is 6.89. The van der Waals surface area contributed by atoms with Crippen LogP contribution < -0.4 is 5.73 Å². The van der Waals surface area contributed by atoms with Gasteiger partial charge in [0.15, 0.2) is 0 Å². The molecular weight excluding hydrogens is 240 g/mol. The van der Waals surface area contributed by atoms with Gasteiger partial charge >= 0.3 is 0 Å². The van der Waals surface area contributed by atoms with E-state index in [1.54, 1.807) is 12.1 Å². The van der Waals surface area contributed by atoms with Crippen LogP contribution in [0.5, 0.6) is 5.75 Å². The fourth-order valence-electron chi connectivity index (χ4n) is 2.39. The van der Waals surface area contributed by atoms with Gasteiger partial charge in [-0.1, -0.05) is 6.07 Å². The van der Waals surface area contributed by atoms with Crippen molar-refractivity contribution in [1.82, 2.24) is 4.90 Å². The van der Waals surface area contributed by atoms with Crippen molar-refractivity contribution >= 4 is 5.91 Å². The second-order valence-electron chi connectivity index (χ2n) is 5.25. The zero-order valence-electron chi connectivity index (χ0n) is 11.4. The van der Waals surface area contributed by atoms with Crippen LogP contribution in [0.25, 0.3) is 0 Å². The summed E-state index contributed by atoms with van der Waals surface area (Å²) in [7, 11) is 0. The van der Waals surface area contributed by atoms with Gasteiger partial charge in [0.25, 0.3) is 5.91 Å². The number of carbonyl (C=O) groups is 1. The summed E-state index contributed by atoms with van der Waals surface area (Å²) in [5.74, 6) is -0.00211. The maximum atomic E-state index is 12.5. The quantitative estimate of drug-likeness (QED) is 0.853. The van der Waals surface area contributed by atoms with Crippen molar-refractivity contribution in [2.75, 3.05) is 13.1 Å². The molecule has 0 saturated heterocycles. The number of nitrogens with zero attached hydrogens (tertiary/aromatic N) is 1. The first kappa shape index (κ1) is 13.9. The van der Waals surface area contributed by atoms with E-state index in [4.69, 9.17) is 5.73 Å². The van der Waals surface area contributed by atoms with E-state index in [9.17, 15) is 9.90 Å². The Balaban J connectivity index is 2.17. The Hall–Kier alpha value is -1.55. The summed E-state index contributed by atoms with van der Waals surface area (Å²) in [6.45, 7) is 3.15. The summed E-state index contributed by atoms with van der Waals surface area (Å²) in [6.07, 6.45) is 4.09. The Morgan fingerprint density at radius 2 is 2.21 bits per heavy atom. The smallest absolute Gasteiger partial charge is 0.257 e. The molecule has 4 nitrogen and oxygen atoms in total. The standard InChI is InChI=1S/C15H22N2O2/c1-11-6-7-13(14(18)10-11)15(19)17(9-3-8-16)12-4-2-5-12/h6-7,10,12,18H,2-5,8-9,16H2,1H3. The largest absolute Gasteiger partial charge is 0.507 e. The van der Waals surface area contributed by atoms with Crippen molar-refractivity contribution in [2.45, 2.75) is 38.6 Å². The Morgan fingerprint density at radius 1 is 1.47 bits per heavy atom. The molecule has 0 aromatic heterocycles. The van der Waals surface area contributed by atoms with Crippen molar-refractivity contribution < 1.29 is 9.90 Å². The number of amides is 1. The molecule has 0 spiro atoms. The summed E-state index contributed by atoms with van der Waals surface area (Å²) in [6, 6.07) is 5.52. The van der Waals surface area contributed by atoms with Gasteiger partial charge in [-0.2, -0.15) is 0 Å². The molecule has 1 saturated carbocycles. The van der Waals surface area contributed by atoms with E-state index in [1.807, 2.05) is 17.9 Å². The molecule has 0 bridgehead atoms. The number of rotatable bonds is 5. The Morgan fingerprint density at radius 3 is 2.74 bits per heavy atom. The van der Waals surface area contributed by atoms with Crippen LogP contribution in [-0.2, 0) is 0 Å². The monoisotopic (exact) mass is 262 g/mol. The second-order valence-corrected chi connectivity index (χ2v) is 5.25. The molecule has 0 aliphatic heterocycles. The highest BCUT2D eigenvalue weighted by molar-refractivity contribution is 5.97. The fourth-order valence-corrected chi connectivity index (χ4v) is 2.39. The molecule has 1 amide bonds. The predicted octanol–water partition coefficient (Wildman–Crippen LogP) is 2.04. The molecule has 2 rings (SSSR count). The van der Waals surface area contributed by atoms with Gasteiger partial charge in [0, 0.05) is 12.6 Å². The van der Waals surface area contributed by atoms with Gasteiger partial charge < -0.3 is 15.7 Å². The lowest BCUT2D eigenvalue weighted by molar-refractivity contribution is 0.0575. The first-order valence-corrected chi connectivity index (χ1v) is 6.94. The third kappa shape index (κ3) is 3.07. The lowest BCUT2D eigenvalue weighted by atomic mass is 9.90. The predicted molar refractivity (Wildman–Crippen MR) is 75.2 cm³/mol. The van der Waals surface area contributed by atoms with Gasteiger partial charge in [-0.3, -0.25) is 4.79 Å². The van der Waals surface area contributed by atoms with E-state index in [0.717, 1.165) is 24.8 Å². The lowest BCUT2D eigenvalue weighted by Crippen LogP contribution is -2.45. The number of hydrogen-bond acceptors (Lipinski definition) is 3. The van der Waals surface area contributed by atoms with Gasteiger partial charge in [-0.05, 0) is 56.8 Å². The van der Waals surface area contributed by atoms with Gasteiger partial charge in [-0.15, -0.1) is 0 Å². The first-order chi connectivity index (χ1) is 9.13. The van der Waals surface area contributed by atoms with Crippen molar-refractivity contribution in [2.24, 2.45) is 5.73 Å². The fraction of sp³-hybridized carbons (Fsp3) is 0.533. The highest BCUT2D eigenvalue weighted by atomic mass is 16.3. The van der Waals surface area contributed by atoms with Gasteiger partial charge in [0.05, 0.1) is 5.56 Å². The normalized spacial score (nSPS) is 15.1. The first-order valence-electron chi connectivity index (χ1n) is 6.94. The van der Waals surface area contributed by atoms with Crippen LogP contribution >= 0.6 is 0 Å². The van der Waals surface area contributed by atoms with Crippen LogP contribution in [0.3, 0.4) is 0 Å². The van der Waals surface area contributed by atoms with Crippen LogP contribution in [0.2, 0.25) is 0 Å². The molecule has 1 aromatic rings. The Labute approximate surface area is 114 Å². The number of hydrogen-bond donors (Lipinski definition) is 2. The Bertz CT molecular complexity index is 455. The molecule has 4 heteroatoms. The van der Waals surface area contributed by atoms with Crippen LogP contribution in [0.4, 0.5) is 0 Å². The van der Waals surface area contributed by atoms with Gasteiger partial charge in [-0.25, -0.2) is 0 Å². The molecular formula is C15H22N2O2. The van der Waals surface area contributed by atoms with Crippen molar-refractivity contribution in [1.29, 1.82) is 0 Å². The summed E-state index contributed by atoms with van der Waals surface area (Å²) in [4.78, 5) is 14.4. The molecule has 104 valence electrons. The summed E-state index contributed by atoms with van der Waals surface area (Å²) in [5, 5.41) is 9.94. The maximum absolute atomic E-state index is 12.5. The molecule has 0 heterocycles. The second kappa shape index (κ2) is 6.06. The minimum Gasteiger partial charge on any atom is -0.507 e. The van der Waals surface area contributed by atoms with E-state index in [2.05, 4.69) is 0 Å². The molecule has 0 radical (unpaired) electrons. The zero-order chi connectivity index (χ0) is 13.8. The highest BCUT2D eigenvalue weighted by Gasteiger charge is 2.29. The topological polar surface area (TPSA) is 66.6 Å². The third-order valence-corrected chi connectivity index (χ3v) is 3.76. The zero-order valence-corrected chi connectivity index (χ0v) is 11.4. The van der Waals surface area contributed by atoms with Crippen LogP contribution in [0, 0.1) is 6.92 Å². The van der Waals surface area contributed by atoms with Crippen LogP contribution in [0.15, 0.2) is 18.2 Å². The lowest BCUT2D eigenvalue weighted by Gasteiger charge is -2.37. The number of aryl methyl sites for hydroxylation is 1. The third-order valence-electron chi connectivity index (χ3n) is 3.76. The molecule has 1 aromatic carbocycles. The molecule has 0 unspecified atom stereocenters. The molecule has 0 atom stereocenters. The van der Waals surface area contributed by atoms with Crippen LogP contribution in [0.1, 0.15) is 41.6 Å². The number of phenols is 1. The van der Waals surface area contributed by atoms with Crippen molar-refractivity contribution in [3.63, 3.8) is 0 Å². The minimum absolute atomic E-state index is 0.0714. The van der Waals surface area contributed by atoms with Gasteiger partial charge in [0.2, 0.25) is 0 Å². The molecule has 1 fully saturated rings. The van der Waals surface area contributed by atoms with E-state index in [1.165, 1.54) is 6.42 Å². The number of benzene rings is 1. The van der Waals surface area contributed by atoms with E-state index < -0.39 is 0 Å².